The molecule has 0 aliphatic heterocycles. The van der Waals surface area contributed by atoms with Gasteiger partial charge < -0.3 is 4.90 Å². The molecule has 0 atom stereocenters. The lowest BCUT2D eigenvalue weighted by atomic mass is 10.3. The molecule has 0 bridgehead atoms. The van der Waals surface area contributed by atoms with Crippen molar-refractivity contribution in [2.45, 2.75) is 19.9 Å². The summed E-state index contributed by atoms with van der Waals surface area (Å²) in [5, 5.41) is 0. The highest BCUT2D eigenvalue weighted by molar-refractivity contribution is 7.80. The highest BCUT2D eigenvalue weighted by atomic mass is 32.1. The third-order valence-corrected chi connectivity index (χ3v) is 1.53. The average molecular weight is 133 g/mol. The van der Waals surface area contributed by atoms with Gasteiger partial charge in [-0.25, -0.2) is 0 Å². The van der Waals surface area contributed by atoms with Crippen LogP contribution >= 0.6 is 12.6 Å². The van der Waals surface area contributed by atoms with Crippen LogP contribution in [0.5, 0.6) is 0 Å². The van der Waals surface area contributed by atoms with Crippen molar-refractivity contribution >= 4 is 12.6 Å². The van der Waals surface area contributed by atoms with Gasteiger partial charge >= 0.3 is 0 Å². The van der Waals surface area contributed by atoms with Crippen LogP contribution in [0.1, 0.15) is 13.8 Å². The summed E-state index contributed by atoms with van der Waals surface area (Å²) in [5.74, 6) is 0.953. The average Bonchev–Trinajstić information content (AvgIpc) is 1.67. The molecule has 0 aromatic rings. The second-order valence-corrected chi connectivity index (χ2v) is 2.75. The van der Waals surface area contributed by atoms with E-state index in [-0.39, 0.29) is 0 Å². The summed E-state index contributed by atoms with van der Waals surface area (Å²) < 4.78 is 0. The van der Waals surface area contributed by atoms with Gasteiger partial charge in [0.15, 0.2) is 0 Å². The molecule has 8 heavy (non-hydrogen) atoms. The Morgan fingerprint density at radius 2 is 2.00 bits per heavy atom. The SMILES string of the molecule is CC(C)N(C)CCS. The van der Waals surface area contributed by atoms with Crippen LogP contribution in [0.4, 0.5) is 0 Å². The first-order valence-electron chi connectivity index (χ1n) is 2.99. The van der Waals surface area contributed by atoms with Crippen molar-refractivity contribution in [1.82, 2.24) is 4.90 Å². The normalized spacial score (nSPS) is 11.2. The summed E-state index contributed by atoms with van der Waals surface area (Å²) in [6.07, 6.45) is 0. The van der Waals surface area contributed by atoms with Crippen molar-refractivity contribution in [3.63, 3.8) is 0 Å². The zero-order valence-corrected chi connectivity index (χ0v) is 6.78. The number of hydrogen-bond donors (Lipinski definition) is 1. The Morgan fingerprint density at radius 1 is 1.50 bits per heavy atom. The topological polar surface area (TPSA) is 3.24 Å². The van der Waals surface area contributed by atoms with Crippen LogP contribution < -0.4 is 0 Å². The maximum absolute atomic E-state index is 4.11. The largest absolute Gasteiger partial charge is 0.303 e. The van der Waals surface area contributed by atoms with Gasteiger partial charge in [0.2, 0.25) is 0 Å². The zero-order chi connectivity index (χ0) is 6.57. The van der Waals surface area contributed by atoms with Gasteiger partial charge in [-0.1, -0.05) is 0 Å². The predicted octanol–water partition coefficient (Wildman–Crippen LogP) is 1.26. The standard InChI is InChI=1S/C6H15NS/c1-6(2)7(3)4-5-8/h6,8H,4-5H2,1-3H3. The Morgan fingerprint density at radius 3 is 2.12 bits per heavy atom. The molecule has 0 fully saturated rings. The van der Waals surface area contributed by atoms with Gasteiger partial charge in [0.1, 0.15) is 0 Å². The summed E-state index contributed by atoms with van der Waals surface area (Å²) in [4.78, 5) is 2.27. The van der Waals surface area contributed by atoms with Gasteiger partial charge in [-0.2, -0.15) is 12.6 Å². The van der Waals surface area contributed by atoms with Gasteiger partial charge in [-0.05, 0) is 20.9 Å². The van der Waals surface area contributed by atoms with E-state index in [0.29, 0.717) is 6.04 Å². The van der Waals surface area contributed by atoms with Crippen molar-refractivity contribution < 1.29 is 0 Å². The van der Waals surface area contributed by atoms with Crippen LogP contribution in [-0.4, -0.2) is 30.3 Å². The van der Waals surface area contributed by atoms with Crippen molar-refractivity contribution in [1.29, 1.82) is 0 Å². The van der Waals surface area contributed by atoms with Crippen molar-refractivity contribution in [2.24, 2.45) is 0 Å². The Bertz CT molecular complexity index is 54.5. The molecule has 0 N–H and O–H groups in total. The fraction of sp³-hybridized carbons (Fsp3) is 1.00. The van der Waals surface area contributed by atoms with E-state index in [0.717, 1.165) is 12.3 Å². The number of thiol groups is 1. The summed E-state index contributed by atoms with van der Waals surface area (Å²) in [6, 6.07) is 0.655. The number of nitrogens with zero attached hydrogens (tertiary/aromatic N) is 1. The maximum Gasteiger partial charge on any atom is 0.00695 e. The van der Waals surface area contributed by atoms with Crippen molar-refractivity contribution in [2.75, 3.05) is 19.3 Å². The van der Waals surface area contributed by atoms with E-state index in [4.69, 9.17) is 0 Å². The zero-order valence-electron chi connectivity index (χ0n) is 5.89. The van der Waals surface area contributed by atoms with Gasteiger partial charge in [0.05, 0.1) is 0 Å². The lowest BCUT2D eigenvalue weighted by Gasteiger charge is -2.18. The second-order valence-electron chi connectivity index (χ2n) is 2.30. The monoisotopic (exact) mass is 133 g/mol. The molecule has 0 amide bonds. The molecule has 0 spiro atoms. The van der Waals surface area contributed by atoms with Gasteiger partial charge in [-0.15, -0.1) is 0 Å². The molecule has 50 valence electrons. The minimum atomic E-state index is 0.655. The molecule has 0 aromatic carbocycles. The van der Waals surface area contributed by atoms with Crippen molar-refractivity contribution in [3.8, 4) is 0 Å². The third kappa shape index (κ3) is 3.33. The summed E-state index contributed by atoms with van der Waals surface area (Å²) in [7, 11) is 2.11. The summed E-state index contributed by atoms with van der Waals surface area (Å²) in [5.41, 5.74) is 0. The smallest absolute Gasteiger partial charge is 0.00695 e. The molecule has 0 unspecified atom stereocenters. The summed E-state index contributed by atoms with van der Waals surface area (Å²) in [6.45, 7) is 5.45. The minimum absolute atomic E-state index is 0.655. The van der Waals surface area contributed by atoms with Crippen LogP contribution in [0.3, 0.4) is 0 Å². The molecule has 1 nitrogen and oxygen atoms in total. The Hall–Kier alpha value is 0.310. The van der Waals surface area contributed by atoms with E-state index >= 15 is 0 Å². The van der Waals surface area contributed by atoms with Gasteiger partial charge in [0.25, 0.3) is 0 Å². The van der Waals surface area contributed by atoms with E-state index in [9.17, 15) is 0 Å². The van der Waals surface area contributed by atoms with Crippen LogP contribution in [0, 0.1) is 0 Å². The lowest BCUT2D eigenvalue weighted by Crippen LogP contribution is -2.27. The minimum Gasteiger partial charge on any atom is -0.303 e. The van der Waals surface area contributed by atoms with Crippen LogP contribution in [0.25, 0.3) is 0 Å². The molecular formula is C6H15NS. The first kappa shape index (κ1) is 8.31. The Balaban J connectivity index is 3.17. The fourth-order valence-electron chi connectivity index (χ4n) is 0.416. The molecule has 0 heterocycles. The maximum atomic E-state index is 4.11. The van der Waals surface area contributed by atoms with E-state index in [2.05, 4.69) is 38.4 Å². The highest BCUT2D eigenvalue weighted by Crippen LogP contribution is 1.91. The van der Waals surface area contributed by atoms with Gasteiger partial charge in [-0.3, -0.25) is 0 Å². The third-order valence-electron chi connectivity index (χ3n) is 1.33. The molecule has 0 saturated heterocycles. The lowest BCUT2D eigenvalue weighted by molar-refractivity contribution is 0.291. The van der Waals surface area contributed by atoms with Crippen LogP contribution in [-0.2, 0) is 0 Å². The first-order valence-corrected chi connectivity index (χ1v) is 3.63. The number of hydrogen-bond acceptors (Lipinski definition) is 2. The second kappa shape index (κ2) is 4.21. The summed E-state index contributed by atoms with van der Waals surface area (Å²) >= 11 is 4.11. The molecule has 2 heteroatoms. The molecule has 0 rings (SSSR count). The van der Waals surface area contributed by atoms with E-state index in [1.54, 1.807) is 0 Å². The van der Waals surface area contributed by atoms with E-state index < -0.39 is 0 Å². The molecule has 0 aliphatic rings. The Labute approximate surface area is 57.5 Å². The predicted molar refractivity (Wildman–Crippen MR) is 41.6 cm³/mol. The first-order chi connectivity index (χ1) is 3.68. The van der Waals surface area contributed by atoms with E-state index in [1.165, 1.54) is 0 Å². The molecule has 0 aromatic heterocycles. The quantitative estimate of drug-likeness (QED) is 0.567. The van der Waals surface area contributed by atoms with Crippen LogP contribution in [0.2, 0.25) is 0 Å². The van der Waals surface area contributed by atoms with Gasteiger partial charge in [0, 0.05) is 18.3 Å². The Kier molecular flexibility index (Phi) is 4.38. The highest BCUT2D eigenvalue weighted by Gasteiger charge is 1.98. The van der Waals surface area contributed by atoms with Crippen LogP contribution in [0.15, 0.2) is 0 Å². The molecule has 0 saturated carbocycles. The fourth-order valence-corrected chi connectivity index (χ4v) is 0.731. The molecule has 0 radical (unpaired) electrons. The molecule has 0 aliphatic carbocycles. The van der Waals surface area contributed by atoms with E-state index in [1.807, 2.05) is 0 Å². The number of rotatable bonds is 3. The van der Waals surface area contributed by atoms with Crippen molar-refractivity contribution in [3.05, 3.63) is 0 Å². The molecular weight excluding hydrogens is 118 g/mol.